The van der Waals surface area contributed by atoms with Gasteiger partial charge in [0.2, 0.25) is 5.91 Å². The minimum Gasteiger partial charge on any atom is -0.351 e. The van der Waals surface area contributed by atoms with Crippen molar-refractivity contribution in [2.75, 3.05) is 20.6 Å². The fourth-order valence-corrected chi connectivity index (χ4v) is 3.43. The van der Waals surface area contributed by atoms with Gasteiger partial charge in [0.25, 0.3) is 11.8 Å². The van der Waals surface area contributed by atoms with Crippen molar-refractivity contribution in [1.29, 1.82) is 0 Å². The lowest BCUT2D eigenvalue weighted by atomic mass is 10.1. The molecule has 2 aromatic rings. The molecular formula is C20H25N3O3S. The van der Waals surface area contributed by atoms with Crippen LogP contribution in [-0.2, 0) is 17.9 Å². The maximum absolute atomic E-state index is 12.8. The van der Waals surface area contributed by atoms with Crippen LogP contribution in [0.3, 0.4) is 0 Å². The van der Waals surface area contributed by atoms with Crippen LogP contribution in [0.25, 0.3) is 0 Å². The average molecular weight is 388 g/mol. The van der Waals surface area contributed by atoms with Gasteiger partial charge in [0.05, 0.1) is 11.4 Å². The number of hydrogen-bond donors (Lipinski definition) is 1. The van der Waals surface area contributed by atoms with E-state index in [1.165, 1.54) is 23.2 Å². The van der Waals surface area contributed by atoms with E-state index in [4.69, 9.17) is 0 Å². The van der Waals surface area contributed by atoms with Crippen molar-refractivity contribution >= 4 is 29.1 Å². The molecule has 27 heavy (non-hydrogen) atoms. The molecule has 0 unspecified atom stereocenters. The van der Waals surface area contributed by atoms with E-state index in [1.807, 2.05) is 25.1 Å². The predicted molar refractivity (Wildman–Crippen MR) is 107 cm³/mol. The summed E-state index contributed by atoms with van der Waals surface area (Å²) >= 11 is 1.39. The first-order chi connectivity index (χ1) is 12.8. The van der Waals surface area contributed by atoms with Crippen molar-refractivity contribution in [3.63, 3.8) is 0 Å². The molecule has 0 aliphatic carbocycles. The van der Waals surface area contributed by atoms with Gasteiger partial charge in [-0.1, -0.05) is 12.1 Å². The minimum absolute atomic E-state index is 0.0370. The number of carbonyl (C=O) groups excluding carboxylic acids is 3. The highest BCUT2D eigenvalue weighted by Gasteiger charge is 2.17. The Kier molecular flexibility index (Phi) is 7.12. The molecule has 1 heterocycles. The van der Waals surface area contributed by atoms with Crippen molar-refractivity contribution in [1.82, 2.24) is 15.1 Å². The third-order valence-corrected chi connectivity index (χ3v) is 5.11. The van der Waals surface area contributed by atoms with E-state index >= 15 is 0 Å². The molecule has 0 saturated carbocycles. The number of nitrogens with one attached hydrogen (secondary N) is 1. The van der Waals surface area contributed by atoms with Crippen molar-refractivity contribution < 1.29 is 14.4 Å². The van der Waals surface area contributed by atoms with Crippen LogP contribution < -0.4 is 5.32 Å². The van der Waals surface area contributed by atoms with Gasteiger partial charge in [-0.05, 0) is 36.8 Å². The molecule has 3 amide bonds. The van der Waals surface area contributed by atoms with Gasteiger partial charge in [0, 0.05) is 44.5 Å². The fourth-order valence-electron chi connectivity index (χ4n) is 2.51. The Balaban J connectivity index is 2.05. The van der Waals surface area contributed by atoms with Gasteiger partial charge in [0.1, 0.15) is 0 Å². The van der Waals surface area contributed by atoms with E-state index < -0.39 is 0 Å². The summed E-state index contributed by atoms with van der Waals surface area (Å²) < 4.78 is 0. The number of hydrogen-bond acceptors (Lipinski definition) is 4. The Labute approximate surface area is 163 Å². The molecular weight excluding hydrogens is 362 g/mol. The highest BCUT2D eigenvalue weighted by molar-refractivity contribution is 7.14. The number of rotatable bonds is 7. The molecule has 6 nitrogen and oxygen atoms in total. The molecule has 144 valence electrons. The molecule has 2 rings (SSSR count). The van der Waals surface area contributed by atoms with Crippen LogP contribution >= 0.6 is 11.3 Å². The van der Waals surface area contributed by atoms with Crippen LogP contribution in [0, 0.1) is 0 Å². The minimum atomic E-state index is -0.0948. The Morgan fingerprint density at radius 2 is 1.67 bits per heavy atom. The summed E-state index contributed by atoms with van der Waals surface area (Å²) in [6.07, 6.45) is 0. The monoisotopic (exact) mass is 387 g/mol. The molecule has 0 atom stereocenters. The second-order valence-corrected chi connectivity index (χ2v) is 7.56. The number of benzene rings is 1. The largest absolute Gasteiger partial charge is 0.351 e. The summed E-state index contributed by atoms with van der Waals surface area (Å²) in [6, 6.07) is 11.0. The Morgan fingerprint density at radius 1 is 1.00 bits per heavy atom. The van der Waals surface area contributed by atoms with Gasteiger partial charge in [-0.3, -0.25) is 14.4 Å². The molecule has 0 radical (unpaired) electrons. The fraction of sp³-hybridized carbons (Fsp3) is 0.350. The van der Waals surface area contributed by atoms with Crippen molar-refractivity contribution in [3.8, 4) is 0 Å². The molecule has 1 aromatic heterocycles. The Hall–Kier alpha value is -2.67. The van der Waals surface area contributed by atoms with E-state index in [1.54, 1.807) is 37.2 Å². The molecule has 0 spiro atoms. The average Bonchev–Trinajstić information content (AvgIpc) is 3.12. The molecule has 0 saturated heterocycles. The molecule has 7 heteroatoms. The molecule has 0 aliphatic heterocycles. The highest BCUT2D eigenvalue weighted by atomic mass is 32.1. The quantitative estimate of drug-likeness (QED) is 0.794. The van der Waals surface area contributed by atoms with E-state index in [9.17, 15) is 14.4 Å². The maximum Gasteiger partial charge on any atom is 0.264 e. The standard InChI is InChI=1S/C20H25N3O3S/c1-5-23(13-15-6-8-16(9-7-15)19(25)22(3)4)20(26)18-11-10-17(27-18)12-21-14(2)24/h6-11H,5,12-13H2,1-4H3,(H,21,24). The van der Waals surface area contributed by atoms with E-state index in [0.29, 0.717) is 30.1 Å². The first kappa shape index (κ1) is 20.6. The first-order valence-corrected chi connectivity index (χ1v) is 9.56. The Morgan fingerprint density at radius 3 is 2.22 bits per heavy atom. The first-order valence-electron chi connectivity index (χ1n) is 8.74. The summed E-state index contributed by atoms with van der Waals surface area (Å²) in [4.78, 5) is 40.6. The van der Waals surface area contributed by atoms with Crippen LogP contribution in [-0.4, -0.2) is 48.2 Å². The van der Waals surface area contributed by atoms with Crippen LogP contribution in [0.15, 0.2) is 36.4 Å². The SMILES string of the molecule is CCN(Cc1ccc(C(=O)N(C)C)cc1)C(=O)c1ccc(CNC(C)=O)s1. The predicted octanol–water partition coefficient (Wildman–Crippen LogP) is 2.75. The zero-order valence-electron chi connectivity index (χ0n) is 16.1. The number of amides is 3. The Bertz CT molecular complexity index is 812. The number of carbonyl (C=O) groups is 3. The lowest BCUT2D eigenvalue weighted by molar-refractivity contribution is -0.119. The van der Waals surface area contributed by atoms with Gasteiger partial charge in [0.15, 0.2) is 0 Å². The summed E-state index contributed by atoms with van der Waals surface area (Å²) in [6.45, 7) is 4.89. The van der Waals surface area contributed by atoms with E-state index in [-0.39, 0.29) is 17.7 Å². The van der Waals surface area contributed by atoms with E-state index in [0.717, 1.165) is 10.4 Å². The highest BCUT2D eigenvalue weighted by Crippen LogP contribution is 2.20. The zero-order chi connectivity index (χ0) is 20.0. The molecule has 1 aromatic carbocycles. The van der Waals surface area contributed by atoms with Crippen molar-refractivity contribution in [2.24, 2.45) is 0 Å². The maximum atomic E-state index is 12.8. The summed E-state index contributed by atoms with van der Waals surface area (Å²) in [5.74, 6) is -0.178. The van der Waals surface area contributed by atoms with Crippen LogP contribution in [0.5, 0.6) is 0 Å². The smallest absolute Gasteiger partial charge is 0.264 e. The topological polar surface area (TPSA) is 69.7 Å². The van der Waals surface area contributed by atoms with Gasteiger partial charge in [-0.25, -0.2) is 0 Å². The molecule has 1 N–H and O–H groups in total. The summed E-state index contributed by atoms with van der Waals surface area (Å²) in [5.41, 5.74) is 1.59. The number of nitrogens with zero attached hydrogens (tertiary/aromatic N) is 2. The molecule has 0 aliphatic rings. The number of thiophene rings is 1. The van der Waals surface area contributed by atoms with Gasteiger partial charge >= 0.3 is 0 Å². The third-order valence-electron chi connectivity index (χ3n) is 4.03. The second-order valence-electron chi connectivity index (χ2n) is 6.39. The third kappa shape index (κ3) is 5.65. The van der Waals surface area contributed by atoms with Crippen LogP contribution in [0.4, 0.5) is 0 Å². The van der Waals surface area contributed by atoms with Crippen molar-refractivity contribution in [3.05, 3.63) is 57.3 Å². The zero-order valence-corrected chi connectivity index (χ0v) is 16.9. The molecule has 0 fully saturated rings. The van der Waals surface area contributed by atoms with E-state index in [2.05, 4.69) is 5.32 Å². The lowest BCUT2D eigenvalue weighted by Crippen LogP contribution is -2.29. The van der Waals surface area contributed by atoms with Gasteiger partial charge in [-0.15, -0.1) is 11.3 Å². The molecule has 0 bridgehead atoms. The van der Waals surface area contributed by atoms with Gasteiger partial charge in [-0.2, -0.15) is 0 Å². The second kappa shape index (κ2) is 9.32. The van der Waals surface area contributed by atoms with Gasteiger partial charge < -0.3 is 15.1 Å². The van der Waals surface area contributed by atoms with Crippen LogP contribution in [0.2, 0.25) is 0 Å². The van der Waals surface area contributed by atoms with Crippen LogP contribution in [0.1, 0.15) is 44.3 Å². The van der Waals surface area contributed by atoms with Crippen molar-refractivity contribution in [2.45, 2.75) is 26.9 Å². The summed E-state index contributed by atoms with van der Waals surface area (Å²) in [5, 5.41) is 2.73. The lowest BCUT2D eigenvalue weighted by Gasteiger charge is -2.20. The normalized spacial score (nSPS) is 10.4. The summed E-state index contributed by atoms with van der Waals surface area (Å²) in [7, 11) is 3.43.